The molecule has 1 saturated heterocycles. The number of rotatable bonds is 5. The molecule has 1 amide bonds. The van der Waals surface area contributed by atoms with Gasteiger partial charge in [0.05, 0.1) is 24.7 Å². The van der Waals surface area contributed by atoms with E-state index >= 15 is 0 Å². The molecular weight excluding hydrogens is 425 g/mol. The van der Waals surface area contributed by atoms with Crippen molar-refractivity contribution in [1.29, 1.82) is 0 Å². The van der Waals surface area contributed by atoms with Crippen molar-refractivity contribution < 1.29 is 22.7 Å². The van der Waals surface area contributed by atoms with Crippen LogP contribution in [0.5, 0.6) is 5.88 Å². The van der Waals surface area contributed by atoms with E-state index in [0.29, 0.717) is 50.5 Å². The third-order valence-electron chi connectivity index (χ3n) is 5.89. The standard InChI is InChI=1S/C21H25F3N6O2/c1-3-18(31)30-6-4-13(10-30)28-19-15-11-29(7-5-17(15)26-12-27-19)14-8-16(21(22,23)24)20(32-2)25-9-14/h8-9,12-13H,3-7,10-11H2,1-2H3,(H,26,27,28). The first-order valence-corrected chi connectivity index (χ1v) is 10.5. The highest BCUT2D eigenvalue weighted by Gasteiger charge is 2.36. The zero-order valence-electron chi connectivity index (χ0n) is 17.9. The number of aromatic nitrogens is 3. The molecule has 2 aliphatic rings. The first-order valence-electron chi connectivity index (χ1n) is 10.5. The van der Waals surface area contributed by atoms with Crippen LogP contribution in [0.3, 0.4) is 0 Å². The number of pyridine rings is 1. The largest absolute Gasteiger partial charge is 0.481 e. The maximum absolute atomic E-state index is 13.4. The van der Waals surface area contributed by atoms with Crippen LogP contribution in [0.25, 0.3) is 0 Å². The van der Waals surface area contributed by atoms with Crippen molar-refractivity contribution in [2.75, 3.05) is 37.0 Å². The molecule has 2 aromatic rings. The number of methoxy groups -OCH3 is 1. The average molecular weight is 450 g/mol. The second kappa shape index (κ2) is 8.79. The number of ether oxygens (including phenoxy) is 1. The van der Waals surface area contributed by atoms with E-state index in [0.717, 1.165) is 23.7 Å². The fourth-order valence-corrected chi connectivity index (χ4v) is 4.19. The molecule has 1 N–H and O–H groups in total. The van der Waals surface area contributed by atoms with Crippen LogP contribution in [-0.2, 0) is 23.9 Å². The van der Waals surface area contributed by atoms with E-state index in [9.17, 15) is 18.0 Å². The lowest BCUT2D eigenvalue weighted by Crippen LogP contribution is -2.34. The number of alkyl halides is 3. The molecule has 11 heteroatoms. The van der Waals surface area contributed by atoms with E-state index in [4.69, 9.17) is 4.74 Å². The topological polar surface area (TPSA) is 83.5 Å². The molecular formula is C21H25F3N6O2. The van der Waals surface area contributed by atoms with E-state index in [2.05, 4.69) is 20.3 Å². The fourth-order valence-electron chi connectivity index (χ4n) is 4.19. The molecule has 172 valence electrons. The van der Waals surface area contributed by atoms with Gasteiger partial charge in [-0.3, -0.25) is 4.79 Å². The molecule has 0 aromatic carbocycles. The molecule has 1 fully saturated rings. The number of fused-ring (bicyclic) bond motifs is 1. The van der Waals surface area contributed by atoms with Gasteiger partial charge >= 0.3 is 6.18 Å². The molecule has 0 spiro atoms. The van der Waals surface area contributed by atoms with Gasteiger partial charge in [0.1, 0.15) is 17.7 Å². The van der Waals surface area contributed by atoms with Gasteiger partial charge in [-0.1, -0.05) is 6.92 Å². The van der Waals surface area contributed by atoms with Gasteiger partial charge in [0.2, 0.25) is 11.8 Å². The van der Waals surface area contributed by atoms with Crippen LogP contribution in [0.4, 0.5) is 24.7 Å². The van der Waals surface area contributed by atoms with E-state index in [1.54, 1.807) is 0 Å². The minimum atomic E-state index is -4.57. The maximum atomic E-state index is 13.4. The Morgan fingerprint density at radius 3 is 2.81 bits per heavy atom. The minimum absolute atomic E-state index is 0.0689. The summed E-state index contributed by atoms with van der Waals surface area (Å²) < 4.78 is 45.1. The number of hydrogen-bond donors (Lipinski definition) is 1. The van der Waals surface area contributed by atoms with Gasteiger partial charge in [-0.15, -0.1) is 0 Å². The first kappa shape index (κ1) is 22.1. The van der Waals surface area contributed by atoms with Gasteiger partial charge in [0, 0.05) is 50.6 Å². The highest BCUT2D eigenvalue weighted by molar-refractivity contribution is 5.76. The predicted molar refractivity (Wildman–Crippen MR) is 111 cm³/mol. The predicted octanol–water partition coefficient (Wildman–Crippen LogP) is 2.88. The number of anilines is 2. The van der Waals surface area contributed by atoms with Crippen molar-refractivity contribution in [2.45, 2.75) is 44.9 Å². The molecule has 0 saturated carbocycles. The summed E-state index contributed by atoms with van der Waals surface area (Å²) in [5.74, 6) is 0.336. The maximum Gasteiger partial charge on any atom is 0.421 e. The van der Waals surface area contributed by atoms with Crippen LogP contribution in [0, 0.1) is 0 Å². The van der Waals surface area contributed by atoms with Crippen LogP contribution in [0.1, 0.15) is 36.6 Å². The van der Waals surface area contributed by atoms with Gasteiger partial charge in [-0.05, 0) is 12.5 Å². The van der Waals surface area contributed by atoms with Crippen LogP contribution in [0.2, 0.25) is 0 Å². The first-order chi connectivity index (χ1) is 15.3. The number of nitrogens with zero attached hydrogens (tertiary/aromatic N) is 5. The molecule has 8 nitrogen and oxygen atoms in total. The van der Waals surface area contributed by atoms with E-state index in [1.807, 2.05) is 16.7 Å². The summed E-state index contributed by atoms with van der Waals surface area (Å²) in [4.78, 5) is 28.2. The number of halogens is 3. The Kier molecular flexibility index (Phi) is 6.07. The fraction of sp³-hybridized carbons (Fsp3) is 0.524. The summed E-state index contributed by atoms with van der Waals surface area (Å²) >= 11 is 0. The Balaban J connectivity index is 1.55. The smallest absolute Gasteiger partial charge is 0.421 e. The Bertz CT molecular complexity index is 1000. The lowest BCUT2D eigenvalue weighted by Gasteiger charge is -2.31. The van der Waals surface area contributed by atoms with E-state index in [1.165, 1.54) is 19.6 Å². The van der Waals surface area contributed by atoms with Crippen molar-refractivity contribution >= 4 is 17.4 Å². The van der Waals surface area contributed by atoms with Crippen LogP contribution in [-0.4, -0.2) is 58.5 Å². The summed E-state index contributed by atoms with van der Waals surface area (Å²) in [6.07, 6.45) is 0.178. The van der Waals surface area contributed by atoms with Gasteiger partial charge in [0.15, 0.2) is 0 Å². The SMILES string of the molecule is CCC(=O)N1CCC(Nc2ncnc3c2CN(c2cnc(OC)c(C(F)(F)F)c2)CC3)C1. The molecule has 0 radical (unpaired) electrons. The summed E-state index contributed by atoms with van der Waals surface area (Å²) in [5.41, 5.74) is 1.18. The van der Waals surface area contributed by atoms with Gasteiger partial charge in [0.25, 0.3) is 0 Å². The van der Waals surface area contributed by atoms with Gasteiger partial charge in [-0.2, -0.15) is 13.2 Å². The van der Waals surface area contributed by atoms with E-state index in [-0.39, 0.29) is 11.9 Å². The molecule has 1 atom stereocenters. The van der Waals surface area contributed by atoms with Crippen LogP contribution >= 0.6 is 0 Å². The Morgan fingerprint density at radius 2 is 2.09 bits per heavy atom. The number of amides is 1. The molecule has 4 heterocycles. The van der Waals surface area contributed by atoms with Crippen molar-refractivity contribution in [3.8, 4) is 5.88 Å². The Morgan fingerprint density at radius 1 is 1.28 bits per heavy atom. The highest BCUT2D eigenvalue weighted by Crippen LogP contribution is 2.38. The minimum Gasteiger partial charge on any atom is -0.481 e. The van der Waals surface area contributed by atoms with Crippen molar-refractivity contribution in [3.63, 3.8) is 0 Å². The van der Waals surface area contributed by atoms with Crippen molar-refractivity contribution in [1.82, 2.24) is 19.9 Å². The van der Waals surface area contributed by atoms with Crippen LogP contribution < -0.4 is 15.0 Å². The monoisotopic (exact) mass is 450 g/mol. The Hall–Kier alpha value is -3.11. The summed E-state index contributed by atoms with van der Waals surface area (Å²) in [5, 5.41) is 3.42. The number of nitrogens with one attached hydrogen (secondary N) is 1. The number of carbonyl (C=O) groups excluding carboxylic acids is 1. The molecule has 0 bridgehead atoms. The van der Waals surface area contributed by atoms with Gasteiger partial charge in [-0.25, -0.2) is 15.0 Å². The molecule has 1 unspecified atom stereocenters. The second-order valence-corrected chi connectivity index (χ2v) is 7.89. The zero-order valence-corrected chi connectivity index (χ0v) is 17.9. The average Bonchev–Trinajstić information content (AvgIpc) is 3.26. The summed E-state index contributed by atoms with van der Waals surface area (Å²) in [7, 11) is 1.17. The van der Waals surface area contributed by atoms with Gasteiger partial charge < -0.3 is 19.9 Å². The third kappa shape index (κ3) is 4.42. The highest BCUT2D eigenvalue weighted by atomic mass is 19.4. The third-order valence-corrected chi connectivity index (χ3v) is 5.89. The number of hydrogen-bond acceptors (Lipinski definition) is 7. The molecule has 0 aliphatic carbocycles. The van der Waals surface area contributed by atoms with Crippen molar-refractivity contribution in [3.05, 3.63) is 35.4 Å². The summed E-state index contributed by atoms with van der Waals surface area (Å²) in [6.45, 7) is 4.01. The molecule has 2 aromatic heterocycles. The second-order valence-electron chi connectivity index (χ2n) is 7.89. The van der Waals surface area contributed by atoms with E-state index < -0.39 is 17.6 Å². The summed E-state index contributed by atoms with van der Waals surface area (Å²) in [6, 6.07) is 1.14. The zero-order chi connectivity index (χ0) is 22.9. The lowest BCUT2D eigenvalue weighted by molar-refractivity contribution is -0.139. The lowest BCUT2D eigenvalue weighted by atomic mass is 10.0. The molecule has 2 aliphatic heterocycles. The number of likely N-dealkylation sites (tertiary alicyclic amines) is 1. The molecule has 4 rings (SSSR count). The number of carbonyl (C=O) groups is 1. The quantitative estimate of drug-likeness (QED) is 0.750. The van der Waals surface area contributed by atoms with Crippen molar-refractivity contribution in [2.24, 2.45) is 0 Å². The molecule has 32 heavy (non-hydrogen) atoms. The normalized spacial score (nSPS) is 18.5. The van der Waals surface area contributed by atoms with Crippen LogP contribution in [0.15, 0.2) is 18.6 Å². The Labute approximate surface area is 183 Å².